The van der Waals surface area contributed by atoms with E-state index in [9.17, 15) is 19.1 Å². The normalized spacial score (nSPS) is 23.9. The summed E-state index contributed by atoms with van der Waals surface area (Å²) in [7, 11) is -4.51. The van der Waals surface area contributed by atoms with Gasteiger partial charge in [0.1, 0.15) is 17.2 Å². The first-order chi connectivity index (χ1) is 16.2. The molecule has 2 aliphatic heterocycles. The third kappa shape index (κ3) is 3.63. The molecule has 5 rings (SSSR count). The number of hydrogen-bond donors (Lipinski definition) is 3. The van der Waals surface area contributed by atoms with E-state index in [2.05, 4.69) is 5.32 Å². The third-order valence-electron chi connectivity index (χ3n) is 6.70. The summed E-state index contributed by atoms with van der Waals surface area (Å²) < 4.78 is 11.5. The predicted octanol–water partition coefficient (Wildman–Crippen LogP) is 4.13. The Morgan fingerprint density at radius 2 is 1.26 bits per heavy atom. The summed E-state index contributed by atoms with van der Waals surface area (Å²) in [6, 6.07) is 29.4. The second-order valence-electron chi connectivity index (χ2n) is 9.29. The van der Waals surface area contributed by atoms with E-state index in [4.69, 9.17) is 0 Å². The van der Waals surface area contributed by atoms with Crippen LogP contribution in [-0.4, -0.2) is 42.5 Å². The van der Waals surface area contributed by atoms with Gasteiger partial charge < -0.3 is 14.7 Å². The summed E-state index contributed by atoms with van der Waals surface area (Å²) >= 11 is 1.44. The molecule has 2 unspecified atom stereocenters. The maximum Gasteiger partial charge on any atom is 0.349 e. The zero-order valence-corrected chi connectivity index (χ0v) is 20.6. The van der Waals surface area contributed by atoms with E-state index in [0.29, 0.717) is 0 Å². The highest BCUT2D eigenvalue weighted by molar-refractivity contribution is 8.02. The third-order valence-corrected chi connectivity index (χ3v) is 9.98. The minimum Gasteiger partial charge on any atom is -0.323 e. The SMILES string of the molecule is CC1(C)S[C@H]2C(NC(c3ccccc3)(c3ccccc3)c3ccccc3)C(=O)N2C1P(=O)(O)O. The van der Waals surface area contributed by atoms with Crippen LogP contribution in [-0.2, 0) is 14.9 Å². The fourth-order valence-electron chi connectivity index (χ4n) is 5.33. The van der Waals surface area contributed by atoms with Crippen LogP contribution in [0.2, 0.25) is 0 Å². The number of hydrogen-bond acceptors (Lipinski definition) is 4. The summed E-state index contributed by atoms with van der Waals surface area (Å²) in [6.45, 7) is 3.59. The molecule has 8 heteroatoms. The van der Waals surface area contributed by atoms with Gasteiger partial charge in [0.05, 0.1) is 5.54 Å². The van der Waals surface area contributed by atoms with Crippen LogP contribution in [0.1, 0.15) is 30.5 Å². The number of carbonyl (C=O) groups excluding carboxylic acids is 1. The van der Waals surface area contributed by atoms with Crippen molar-refractivity contribution in [3.63, 3.8) is 0 Å². The minimum absolute atomic E-state index is 0.288. The van der Waals surface area contributed by atoms with Crippen LogP contribution >= 0.6 is 19.4 Å². The fraction of sp³-hybridized carbons (Fsp3) is 0.269. The van der Waals surface area contributed by atoms with Gasteiger partial charge in [-0.15, -0.1) is 11.8 Å². The molecule has 34 heavy (non-hydrogen) atoms. The quantitative estimate of drug-likeness (QED) is 0.271. The van der Waals surface area contributed by atoms with Crippen molar-refractivity contribution in [3.05, 3.63) is 108 Å². The number of rotatable bonds is 6. The Balaban J connectivity index is 1.64. The van der Waals surface area contributed by atoms with E-state index < -0.39 is 29.7 Å². The monoisotopic (exact) mass is 494 g/mol. The second-order valence-corrected chi connectivity index (χ2v) is 12.7. The van der Waals surface area contributed by atoms with E-state index in [1.807, 2.05) is 91.0 Å². The fourth-order valence-corrected chi connectivity index (χ4v) is 8.92. The lowest BCUT2D eigenvalue weighted by Crippen LogP contribution is -2.71. The molecule has 0 spiro atoms. The van der Waals surface area contributed by atoms with Crippen molar-refractivity contribution < 1.29 is 19.1 Å². The highest BCUT2D eigenvalue weighted by atomic mass is 32.2. The Morgan fingerprint density at radius 3 is 1.65 bits per heavy atom. The number of amides is 1. The molecule has 0 bridgehead atoms. The molecule has 1 amide bonds. The molecule has 3 atom stereocenters. The summed E-state index contributed by atoms with van der Waals surface area (Å²) in [6.07, 6.45) is 0. The Hall–Kier alpha value is -2.41. The maximum absolute atomic E-state index is 13.5. The molecule has 2 fully saturated rings. The summed E-state index contributed by atoms with van der Waals surface area (Å²) in [5.74, 6) is -1.43. The van der Waals surface area contributed by atoms with Gasteiger partial charge in [0.15, 0.2) is 0 Å². The van der Waals surface area contributed by atoms with Crippen molar-refractivity contribution in [3.8, 4) is 0 Å². The zero-order chi connectivity index (χ0) is 24.1. The first-order valence-corrected chi connectivity index (χ1v) is 13.7. The van der Waals surface area contributed by atoms with Crippen LogP contribution in [0.25, 0.3) is 0 Å². The minimum atomic E-state index is -4.51. The van der Waals surface area contributed by atoms with Crippen LogP contribution < -0.4 is 5.32 Å². The first-order valence-electron chi connectivity index (χ1n) is 11.2. The number of fused-ring (bicyclic) bond motifs is 1. The van der Waals surface area contributed by atoms with E-state index in [1.54, 1.807) is 13.8 Å². The van der Waals surface area contributed by atoms with Crippen molar-refractivity contribution in [2.24, 2.45) is 0 Å². The average Bonchev–Trinajstić information content (AvgIpc) is 3.10. The average molecular weight is 495 g/mol. The summed E-state index contributed by atoms with van der Waals surface area (Å²) in [4.78, 5) is 34.9. The van der Waals surface area contributed by atoms with Crippen LogP contribution in [0.4, 0.5) is 0 Å². The lowest BCUT2D eigenvalue weighted by molar-refractivity contribution is -0.147. The van der Waals surface area contributed by atoms with Gasteiger partial charge in [-0.25, -0.2) is 0 Å². The Bertz CT molecular complexity index is 1140. The van der Waals surface area contributed by atoms with Crippen molar-refractivity contribution in [2.45, 2.75) is 41.3 Å². The van der Waals surface area contributed by atoms with Crippen LogP contribution in [0, 0.1) is 0 Å². The highest BCUT2D eigenvalue weighted by Crippen LogP contribution is 2.62. The molecule has 3 N–H and O–H groups in total. The predicted molar refractivity (Wildman–Crippen MR) is 134 cm³/mol. The van der Waals surface area contributed by atoms with Crippen LogP contribution in [0.15, 0.2) is 91.0 Å². The molecule has 0 saturated carbocycles. The highest BCUT2D eigenvalue weighted by Gasteiger charge is 2.67. The van der Waals surface area contributed by atoms with E-state index >= 15 is 0 Å². The van der Waals surface area contributed by atoms with Gasteiger partial charge in [-0.2, -0.15) is 0 Å². The lowest BCUT2D eigenvalue weighted by atomic mass is 9.76. The summed E-state index contributed by atoms with van der Waals surface area (Å²) in [5, 5.41) is 3.30. The molecule has 0 radical (unpaired) electrons. The molecule has 3 aromatic rings. The van der Waals surface area contributed by atoms with E-state index in [0.717, 1.165) is 16.7 Å². The largest absolute Gasteiger partial charge is 0.349 e. The molecule has 0 aliphatic carbocycles. The number of benzene rings is 3. The molecular weight excluding hydrogens is 467 g/mol. The smallest absolute Gasteiger partial charge is 0.323 e. The molecule has 0 aromatic heterocycles. The van der Waals surface area contributed by atoms with E-state index in [-0.39, 0.29) is 11.3 Å². The number of carbonyl (C=O) groups is 1. The number of β-lactam (4-membered cyclic amide) rings is 1. The van der Waals surface area contributed by atoms with Gasteiger partial charge in [0, 0.05) is 4.75 Å². The van der Waals surface area contributed by atoms with Gasteiger partial charge in [-0.05, 0) is 30.5 Å². The summed E-state index contributed by atoms with van der Waals surface area (Å²) in [5.41, 5.74) is 2.11. The van der Waals surface area contributed by atoms with Gasteiger partial charge in [0.2, 0.25) is 5.91 Å². The van der Waals surface area contributed by atoms with Crippen molar-refractivity contribution in [2.75, 3.05) is 0 Å². The van der Waals surface area contributed by atoms with Gasteiger partial charge in [-0.3, -0.25) is 14.7 Å². The zero-order valence-electron chi connectivity index (χ0n) is 18.9. The molecular formula is C26H27N2O4PS. The lowest BCUT2D eigenvalue weighted by Gasteiger charge is -2.49. The van der Waals surface area contributed by atoms with Crippen molar-refractivity contribution >= 4 is 25.3 Å². The Labute approximate surface area is 203 Å². The van der Waals surface area contributed by atoms with Crippen molar-refractivity contribution in [1.29, 1.82) is 0 Å². The van der Waals surface area contributed by atoms with Crippen LogP contribution in [0.3, 0.4) is 0 Å². The molecule has 6 nitrogen and oxygen atoms in total. The van der Waals surface area contributed by atoms with Gasteiger partial charge in [0.25, 0.3) is 0 Å². The topological polar surface area (TPSA) is 89.9 Å². The maximum atomic E-state index is 13.5. The van der Waals surface area contributed by atoms with E-state index in [1.165, 1.54) is 16.7 Å². The van der Waals surface area contributed by atoms with Gasteiger partial charge in [-0.1, -0.05) is 91.0 Å². The number of nitrogens with zero attached hydrogens (tertiary/aromatic N) is 1. The van der Waals surface area contributed by atoms with Crippen molar-refractivity contribution in [1.82, 2.24) is 10.2 Å². The Kier molecular flexibility index (Phi) is 5.74. The standard InChI is InChI=1S/C26H27N2O4PS/c1-25(2)24(33(30,31)32)28-22(29)21(23(28)34-25)27-26(18-12-6-3-7-13-18,19-14-8-4-9-15-19)20-16-10-5-11-17-20/h3-17,21,23-24,27H,1-2H3,(H2,30,31,32)/t21?,23-,24?/m0/s1. The molecule has 2 heterocycles. The number of nitrogens with one attached hydrogen (secondary N) is 1. The molecule has 2 saturated heterocycles. The first kappa shape index (κ1) is 23.3. The molecule has 176 valence electrons. The molecule has 3 aromatic carbocycles. The Morgan fingerprint density at radius 1 is 0.853 bits per heavy atom. The molecule has 2 aliphatic rings. The second kappa shape index (κ2) is 8.36. The number of thioether (sulfide) groups is 1. The van der Waals surface area contributed by atoms with Crippen LogP contribution in [0.5, 0.6) is 0 Å². The van der Waals surface area contributed by atoms with Gasteiger partial charge >= 0.3 is 7.60 Å².